The second-order valence-corrected chi connectivity index (χ2v) is 4.80. The zero-order chi connectivity index (χ0) is 13.8. The summed E-state index contributed by atoms with van der Waals surface area (Å²) < 4.78 is 0. The number of rotatable bonds is 3. The van der Waals surface area contributed by atoms with E-state index in [1.165, 1.54) is 0 Å². The smallest absolute Gasteiger partial charge is 0.241 e. The molecule has 3 rings (SSSR count). The van der Waals surface area contributed by atoms with Crippen molar-refractivity contribution in [2.45, 2.75) is 18.9 Å². The van der Waals surface area contributed by atoms with Crippen molar-refractivity contribution in [2.75, 3.05) is 11.9 Å². The van der Waals surface area contributed by atoms with Crippen molar-refractivity contribution >= 4 is 24.0 Å². The quantitative estimate of drug-likeness (QED) is 0.913. The van der Waals surface area contributed by atoms with Crippen molar-refractivity contribution in [3.05, 3.63) is 42.7 Å². The maximum Gasteiger partial charge on any atom is 0.241 e. The van der Waals surface area contributed by atoms with Gasteiger partial charge in [0.1, 0.15) is 0 Å². The third kappa shape index (κ3) is 3.77. The lowest BCUT2D eigenvalue weighted by Gasteiger charge is -2.10. The largest absolute Gasteiger partial charge is 0.322 e. The molecule has 2 aromatic rings. The maximum absolute atomic E-state index is 11.9. The Balaban J connectivity index is 0.00000161. The average Bonchev–Trinajstić information content (AvgIpc) is 3.03. The van der Waals surface area contributed by atoms with E-state index in [0.717, 1.165) is 24.9 Å². The van der Waals surface area contributed by atoms with Gasteiger partial charge in [0.05, 0.1) is 24.1 Å². The number of carbonyl (C=O) groups is 1. The molecule has 6 heteroatoms. The molecule has 5 nitrogen and oxygen atoms in total. The predicted octanol–water partition coefficient (Wildman–Crippen LogP) is 2.26. The molecule has 0 unspecified atom stereocenters. The number of hydrogen-bond acceptors (Lipinski definition) is 4. The highest BCUT2D eigenvalue weighted by Gasteiger charge is 2.21. The second-order valence-electron chi connectivity index (χ2n) is 4.80. The molecule has 110 valence electrons. The Morgan fingerprint density at radius 3 is 2.52 bits per heavy atom. The minimum absolute atomic E-state index is 0. The molecule has 1 aliphatic heterocycles. The molecule has 1 aromatic carbocycles. The monoisotopic (exact) mass is 304 g/mol. The molecule has 1 amide bonds. The van der Waals surface area contributed by atoms with Crippen LogP contribution in [0.4, 0.5) is 5.69 Å². The van der Waals surface area contributed by atoms with Gasteiger partial charge in [-0.15, -0.1) is 12.4 Å². The van der Waals surface area contributed by atoms with Gasteiger partial charge in [0, 0.05) is 5.56 Å². The first-order chi connectivity index (χ1) is 9.83. The zero-order valence-corrected chi connectivity index (χ0v) is 12.3. The lowest BCUT2D eigenvalue weighted by molar-refractivity contribution is -0.117. The molecule has 1 atom stereocenters. The van der Waals surface area contributed by atoms with Gasteiger partial charge in [-0.3, -0.25) is 4.79 Å². The van der Waals surface area contributed by atoms with Crippen LogP contribution in [0.15, 0.2) is 42.7 Å². The second kappa shape index (κ2) is 7.15. The molecule has 1 aromatic heterocycles. The van der Waals surface area contributed by atoms with Gasteiger partial charge >= 0.3 is 0 Å². The van der Waals surface area contributed by atoms with Crippen LogP contribution in [0.3, 0.4) is 0 Å². The molecule has 1 saturated heterocycles. The van der Waals surface area contributed by atoms with Crippen LogP contribution in [0.5, 0.6) is 0 Å². The Morgan fingerprint density at radius 1 is 1.19 bits per heavy atom. The van der Waals surface area contributed by atoms with Gasteiger partial charge in [-0.05, 0) is 19.4 Å². The van der Waals surface area contributed by atoms with Crippen LogP contribution in [0, 0.1) is 0 Å². The first kappa shape index (κ1) is 15.4. The summed E-state index contributed by atoms with van der Waals surface area (Å²) in [6.07, 6.45) is 5.21. The molecule has 21 heavy (non-hydrogen) atoms. The highest BCUT2D eigenvalue weighted by molar-refractivity contribution is 5.94. The van der Waals surface area contributed by atoms with E-state index in [-0.39, 0.29) is 24.4 Å². The van der Waals surface area contributed by atoms with E-state index in [0.29, 0.717) is 11.5 Å². The van der Waals surface area contributed by atoms with Gasteiger partial charge in [-0.2, -0.15) is 0 Å². The van der Waals surface area contributed by atoms with Crippen molar-refractivity contribution in [3.63, 3.8) is 0 Å². The van der Waals surface area contributed by atoms with Crippen LogP contribution in [0.1, 0.15) is 12.8 Å². The molecule has 0 radical (unpaired) electrons. The van der Waals surface area contributed by atoms with Gasteiger partial charge in [0.2, 0.25) is 5.91 Å². The van der Waals surface area contributed by atoms with Gasteiger partial charge in [0.15, 0.2) is 5.82 Å². The van der Waals surface area contributed by atoms with Crippen molar-refractivity contribution in [2.24, 2.45) is 0 Å². The van der Waals surface area contributed by atoms with E-state index in [9.17, 15) is 4.79 Å². The fourth-order valence-corrected chi connectivity index (χ4v) is 2.27. The number of nitrogens with zero attached hydrogens (tertiary/aromatic N) is 2. The predicted molar refractivity (Wildman–Crippen MR) is 84.4 cm³/mol. The van der Waals surface area contributed by atoms with Crippen LogP contribution in [0.2, 0.25) is 0 Å². The molecule has 0 aliphatic carbocycles. The number of amides is 1. The summed E-state index contributed by atoms with van der Waals surface area (Å²) in [4.78, 5) is 20.5. The van der Waals surface area contributed by atoms with E-state index in [4.69, 9.17) is 0 Å². The van der Waals surface area contributed by atoms with Gasteiger partial charge in [-0.25, -0.2) is 9.97 Å². The van der Waals surface area contributed by atoms with Crippen molar-refractivity contribution in [3.8, 4) is 11.4 Å². The van der Waals surface area contributed by atoms with Gasteiger partial charge in [0.25, 0.3) is 0 Å². The zero-order valence-electron chi connectivity index (χ0n) is 11.5. The molecule has 0 spiro atoms. The van der Waals surface area contributed by atoms with Gasteiger partial charge in [-0.1, -0.05) is 30.3 Å². The lowest BCUT2D eigenvalue weighted by atomic mass is 10.2. The maximum atomic E-state index is 11.9. The number of aromatic nitrogens is 2. The fourth-order valence-electron chi connectivity index (χ4n) is 2.27. The van der Waals surface area contributed by atoms with E-state index < -0.39 is 0 Å². The van der Waals surface area contributed by atoms with Crippen LogP contribution < -0.4 is 10.6 Å². The fraction of sp³-hybridized carbons (Fsp3) is 0.267. The first-order valence-corrected chi connectivity index (χ1v) is 6.74. The van der Waals surface area contributed by atoms with Crippen LogP contribution in [0.25, 0.3) is 11.4 Å². The number of hydrogen-bond donors (Lipinski definition) is 2. The SMILES string of the molecule is Cl.O=C(Nc1cnc(-c2ccccc2)nc1)[C@@H]1CCCN1. The number of anilines is 1. The lowest BCUT2D eigenvalue weighted by Crippen LogP contribution is -2.35. The summed E-state index contributed by atoms with van der Waals surface area (Å²) in [5.74, 6) is 0.640. The Bertz CT molecular complexity index is 582. The van der Waals surface area contributed by atoms with Crippen molar-refractivity contribution in [1.29, 1.82) is 0 Å². The molecule has 2 heterocycles. The summed E-state index contributed by atoms with van der Waals surface area (Å²) in [7, 11) is 0. The molecular formula is C15H17ClN4O. The standard InChI is InChI=1S/C15H16N4O.ClH/c20-15(13-7-4-8-16-13)19-12-9-17-14(18-10-12)11-5-2-1-3-6-11;/h1-3,5-6,9-10,13,16H,4,7-8H2,(H,19,20);1H/t13-;/m0./s1. The molecule has 1 fully saturated rings. The van der Waals surface area contributed by atoms with Gasteiger partial charge < -0.3 is 10.6 Å². The highest BCUT2D eigenvalue weighted by atomic mass is 35.5. The van der Waals surface area contributed by atoms with Crippen LogP contribution in [-0.4, -0.2) is 28.5 Å². The van der Waals surface area contributed by atoms with Crippen molar-refractivity contribution in [1.82, 2.24) is 15.3 Å². The Kier molecular flexibility index (Phi) is 5.25. The van der Waals surface area contributed by atoms with Crippen molar-refractivity contribution < 1.29 is 4.79 Å². The number of carbonyl (C=O) groups excluding carboxylic acids is 1. The topological polar surface area (TPSA) is 66.9 Å². The Hall–Kier alpha value is -1.98. The normalized spacial score (nSPS) is 17.0. The number of benzene rings is 1. The van der Waals surface area contributed by atoms with E-state index in [1.54, 1.807) is 12.4 Å². The minimum Gasteiger partial charge on any atom is -0.322 e. The molecule has 1 aliphatic rings. The summed E-state index contributed by atoms with van der Waals surface area (Å²) in [6, 6.07) is 9.66. The number of nitrogens with one attached hydrogen (secondary N) is 2. The molecule has 0 saturated carbocycles. The van der Waals surface area contributed by atoms with E-state index in [2.05, 4.69) is 20.6 Å². The average molecular weight is 305 g/mol. The molecular weight excluding hydrogens is 288 g/mol. The summed E-state index contributed by atoms with van der Waals surface area (Å²) in [5.41, 5.74) is 1.59. The summed E-state index contributed by atoms with van der Waals surface area (Å²) in [5, 5.41) is 6.00. The van der Waals surface area contributed by atoms with E-state index >= 15 is 0 Å². The Labute approximate surface area is 129 Å². The van der Waals surface area contributed by atoms with E-state index in [1.807, 2.05) is 30.3 Å². The van der Waals surface area contributed by atoms with Crippen LogP contribution >= 0.6 is 12.4 Å². The summed E-state index contributed by atoms with van der Waals surface area (Å²) in [6.45, 7) is 0.904. The third-order valence-electron chi connectivity index (χ3n) is 3.33. The summed E-state index contributed by atoms with van der Waals surface area (Å²) >= 11 is 0. The molecule has 0 bridgehead atoms. The number of halogens is 1. The molecule has 2 N–H and O–H groups in total. The highest BCUT2D eigenvalue weighted by Crippen LogP contribution is 2.15. The Morgan fingerprint density at radius 2 is 1.90 bits per heavy atom. The first-order valence-electron chi connectivity index (χ1n) is 6.74. The third-order valence-corrected chi connectivity index (χ3v) is 3.33. The minimum atomic E-state index is -0.0937. The van der Waals surface area contributed by atoms with Crippen LogP contribution in [-0.2, 0) is 4.79 Å².